The van der Waals surface area contributed by atoms with Gasteiger partial charge in [-0.1, -0.05) is 45.2 Å². The summed E-state index contributed by atoms with van der Waals surface area (Å²) in [5.41, 5.74) is 1.33. The Morgan fingerprint density at radius 1 is 1.06 bits per heavy atom. The lowest BCUT2D eigenvalue weighted by Crippen LogP contribution is -1.95. The number of rotatable bonds is 2. The summed E-state index contributed by atoms with van der Waals surface area (Å²) in [5.74, 6) is -0.870. The monoisotopic (exact) mass is 236 g/mol. The van der Waals surface area contributed by atoms with Gasteiger partial charge in [-0.25, -0.2) is 4.79 Å². The molecular formula is C13H16O2S. The molecule has 0 aliphatic rings. The molecule has 0 fully saturated rings. The normalized spacial score (nSPS) is 8.75. The van der Waals surface area contributed by atoms with Crippen LogP contribution in [0.1, 0.15) is 25.2 Å². The first-order valence-corrected chi connectivity index (χ1v) is 5.03. The van der Waals surface area contributed by atoms with Gasteiger partial charge in [0.05, 0.1) is 5.56 Å². The smallest absolute Gasteiger partial charge is 0.337 e. The van der Waals surface area contributed by atoms with Gasteiger partial charge in [0, 0.05) is 4.88 Å². The fourth-order valence-electron chi connectivity index (χ4n) is 1.29. The van der Waals surface area contributed by atoms with E-state index >= 15 is 0 Å². The SMILES string of the molecule is C.C.O=C(O)c1ccsc1-c1ccccc1. The zero-order chi connectivity index (χ0) is 9.97. The van der Waals surface area contributed by atoms with Crippen LogP contribution in [0.3, 0.4) is 0 Å². The molecule has 0 spiro atoms. The van der Waals surface area contributed by atoms with Crippen molar-refractivity contribution in [1.29, 1.82) is 0 Å². The van der Waals surface area contributed by atoms with Crippen LogP contribution < -0.4 is 0 Å². The van der Waals surface area contributed by atoms with Crippen molar-refractivity contribution in [1.82, 2.24) is 0 Å². The van der Waals surface area contributed by atoms with E-state index in [0.717, 1.165) is 10.4 Å². The summed E-state index contributed by atoms with van der Waals surface area (Å²) in [5, 5.41) is 10.7. The van der Waals surface area contributed by atoms with Crippen molar-refractivity contribution in [3.8, 4) is 10.4 Å². The number of carboxylic acid groups (broad SMARTS) is 1. The van der Waals surface area contributed by atoms with Crippen molar-refractivity contribution in [2.75, 3.05) is 0 Å². The van der Waals surface area contributed by atoms with Gasteiger partial charge < -0.3 is 5.11 Å². The highest BCUT2D eigenvalue weighted by molar-refractivity contribution is 7.14. The topological polar surface area (TPSA) is 37.3 Å². The summed E-state index contributed by atoms with van der Waals surface area (Å²) < 4.78 is 0. The second-order valence-electron chi connectivity index (χ2n) is 2.83. The van der Waals surface area contributed by atoms with Crippen molar-refractivity contribution >= 4 is 17.3 Å². The van der Waals surface area contributed by atoms with Crippen LogP contribution in [-0.2, 0) is 0 Å². The molecular weight excluding hydrogens is 220 g/mol. The molecule has 16 heavy (non-hydrogen) atoms. The van der Waals surface area contributed by atoms with Gasteiger partial charge in [-0.2, -0.15) is 0 Å². The van der Waals surface area contributed by atoms with Crippen molar-refractivity contribution in [3.63, 3.8) is 0 Å². The first kappa shape index (κ1) is 14.4. The molecule has 2 nitrogen and oxygen atoms in total. The number of carboxylic acids is 1. The maximum Gasteiger partial charge on any atom is 0.337 e. The highest BCUT2D eigenvalue weighted by Crippen LogP contribution is 2.29. The van der Waals surface area contributed by atoms with E-state index in [1.54, 1.807) is 11.4 Å². The number of carbonyl (C=O) groups is 1. The zero-order valence-corrected chi connectivity index (χ0v) is 8.12. The van der Waals surface area contributed by atoms with Crippen LogP contribution in [0, 0.1) is 0 Å². The third kappa shape index (κ3) is 2.70. The molecule has 0 unspecified atom stereocenters. The Morgan fingerprint density at radius 2 is 1.69 bits per heavy atom. The third-order valence-electron chi connectivity index (χ3n) is 1.93. The van der Waals surface area contributed by atoms with E-state index in [9.17, 15) is 4.79 Å². The average molecular weight is 236 g/mol. The molecule has 0 saturated heterocycles. The molecule has 1 aromatic carbocycles. The number of hydrogen-bond acceptors (Lipinski definition) is 2. The molecule has 0 atom stereocenters. The molecule has 1 heterocycles. The van der Waals surface area contributed by atoms with Crippen molar-refractivity contribution in [2.24, 2.45) is 0 Å². The molecule has 0 radical (unpaired) electrons. The summed E-state index contributed by atoms with van der Waals surface area (Å²) in [4.78, 5) is 11.7. The predicted octanol–water partition coefficient (Wildman–Crippen LogP) is 4.39. The lowest BCUT2D eigenvalue weighted by molar-refractivity contribution is 0.0698. The Morgan fingerprint density at radius 3 is 2.25 bits per heavy atom. The molecule has 86 valence electrons. The van der Waals surface area contributed by atoms with Gasteiger partial charge in [0.25, 0.3) is 0 Å². The van der Waals surface area contributed by atoms with E-state index in [0.29, 0.717) is 5.56 Å². The Balaban J connectivity index is 0.00000112. The molecule has 2 rings (SSSR count). The van der Waals surface area contributed by atoms with Crippen LogP contribution in [0.25, 0.3) is 10.4 Å². The number of thiophene rings is 1. The molecule has 3 heteroatoms. The van der Waals surface area contributed by atoms with Crippen LogP contribution >= 0.6 is 11.3 Å². The molecule has 2 aromatic rings. The Bertz CT molecular complexity index is 446. The van der Waals surface area contributed by atoms with Gasteiger partial charge >= 0.3 is 5.97 Å². The first-order chi connectivity index (χ1) is 6.79. The summed E-state index contributed by atoms with van der Waals surface area (Å²) >= 11 is 1.45. The maximum atomic E-state index is 10.9. The fraction of sp³-hybridized carbons (Fsp3) is 0.154. The number of hydrogen-bond donors (Lipinski definition) is 1. The molecule has 1 aromatic heterocycles. The lowest BCUT2D eigenvalue weighted by atomic mass is 10.1. The second-order valence-corrected chi connectivity index (χ2v) is 3.75. The Hall–Kier alpha value is -1.61. The van der Waals surface area contributed by atoms with Crippen molar-refractivity contribution < 1.29 is 9.90 Å². The van der Waals surface area contributed by atoms with Crippen LogP contribution in [0.5, 0.6) is 0 Å². The van der Waals surface area contributed by atoms with E-state index < -0.39 is 5.97 Å². The summed E-state index contributed by atoms with van der Waals surface area (Å²) in [6.07, 6.45) is 0. The zero-order valence-electron chi connectivity index (χ0n) is 7.31. The number of aromatic carboxylic acids is 1. The summed E-state index contributed by atoms with van der Waals surface area (Å²) in [7, 11) is 0. The van der Waals surface area contributed by atoms with Crippen LogP contribution in [0.15, 0.2) is 41.8 Å². The van der Waals surface area contributed by atoms with Gasteiger partial charge in [-0.3, -0.25) is 0 Å². The summed E-state index contributed by atoms with van der Waals surface area (Å²) in [6.45, 7) is 0. The predicted molar refractivity (Wildman–Crippen MR) is 70.2 cm³/mol. The molecule has 0 aliphatic heterocycles. The largest absolute Gasteiger partial charge is 0.478 e. The standard InChI is InChI=1S/C11H8O2S.2CH4/c12-11(13)9-6-7-14-10(9)8-4-2-1-3-5-8;;/h1-7H,(H,12,13);2*1H4. The van der Waals surface area contributed by atoms with Crippen molar-refractivity contribution in [2.45, 2.75) is 14.9 Å². The lowest BCUT2D eigenvalue weighted by Gasteiger charge is -1.98. The van der Waals surface area contributed by atoms with Gasteiger partial charge in [-0.05, 0) is 17.0 Å². The van der Waals surface area contributed by atoms with Crippen LogP contribution in [0.4, 0.5) is 0 Å². The molecule has 1 N–H and O–H groups in total. The number of benzene rings is 1. The maximum absolute atomic E-state index is 10.9. The van der Waals surface area contributed by atoms with Gasteiger partial charge in [0.2, 0.25) is 0 Å². The Kier molecular flexibility index (Phi) is 5.47. The minimum absolute atomic E-state index is 0. The van der Waals surface area contributed by atoms with Crippen molar-refractivity contribution in [3.05, 3.63) is 47.3 Å². The molecule has 0 saturated carbocycles. The first-order valence-electron chi connectivity index (χ1n) is 4.15. The molecule has 0 amide bonds. The highest BCUT2D eigenvalue weighted by Gasteiger charge is 2.11. The van der Waals surface area contributed by atoms with Crippen LogP contribution in [0.2, 0.25) is 0 Å². The summed E-state index contributed by atoms with van der Waals surface area (Å²) in [6, 6.07) is 11.2. The van der Waals surface area contributed by atoms with Gasteiger partial charge in [0.15, 0.2) is 0 Å². The van der Waals surface area contributed by atoms with E-state index in [1.165, 1.54) is 11.3 Å². The highest BCUT2D eigenvalue weighted by atomic mass is 32.1. The Labute approximate surface area is 100 Å². The fourth-order valence-corrected chi connectivity index (χ4v) is 2.19. The van der Waals surface area contributed by atoms with E-state index in [-0.39, 0.29) is 14.9 Å². The minimum Gasteiger partial charge on any atom is -0.478 e. The average Bonchev–Trinajstić information content (AvgIpc) is 2.67. The van der Waals surface area contributed by atoms with E-state index in [4.69, 9.17) is 5.11 Å². The molecule has 0 aliphatic carbocycles. The van der Waals surface area contributed by atoms with E-state index in [1.807, 2.05) is 30.3 Å². The minimum atomic E-state index is -0.870. The second kappa shape index (κ2) is 6.08. The quantitative estimate of drug-likeness (QED) is 0.839. The van der Waals surface area contributed by atoms with Crippen LogP contribution in [-0.4, -0.2) is 11.1 Å². The molecule has 0 bridgehead atoms. The third-order valence-corrected chi connectivity index (χ3v) is 2.90. The van der Waals surface area contributed by atoms with Gasteiger partial charge in [-0.15, -0.1) is 11.3 Å². The van der Waals surface area contributed by atoms with Gasteiger partial charge in [0.1, 0.15) is 0 Å². The van der Waals surface area contributed by atoms with E-state index in [2.05, 4.69) is 0 Å².